The van der Waals surface area contributed by atoms with Crippen molar-refractivity contribution in [3.63, 3.8) is 0 Å². The van der Waals surface area contributed by atoms with E-state index in [0.29, 0.717) is 54.2 Å². The number of aryl methyl sites for hydroxylation is 1. The third kappa shape index (κ3) is 7.56. The molecule has 5 aliphatic rings. The molecule has 0 saturated carbocycles. The summed E-state index contributed by atoms with van der Waals surface area (Å²) in [5, 5.41) is 23.4. The Morgan fingerprint density at radius 2 is 1.82 bits per heavy atom. The molecule has 3 saturated heterocycles. The molecule has 2 N–H and O–H groups in total. The zero-order valence-electron chi connectivity index (χ0n) is 31.2. The number of fused-ring (bicyclic) bond motifs is 2. The monoisotopic (exact) mass is 704 g/mol. The van der Waals surface area contributed by atoms with Crippen molar-refractivity contribution in [3.05, 3.63) is 82.5 Å². The van der Waals surface area contributed by atoms with Crippen LogP contribution in [0.4, 0.5) is 0 Å². The highest BCUT2D eigenvalue weighted by Crippen LogP contribution is 2.48. The van der Waals surface area contributed by atoms with Gasteiger partial charge in [0, 0.05) is 25.2 Å². The van der Waals surface area contributed by atoms with Crippen molar-refractivity contribution in [2.24, 2.45) is 23.7 Å². The second-order valence-corrected chi connectivity index (χ2v) is 15.8. The van der Waals surface area contributed by atoms with Gasteiger partial charge in [0.05, 0.1) is 24.4 Å². The lowest BCUT2D eigenvalue weighted by Crippen LogP contribution is -2.58. The van der Waals surface area contributed by atoms with Crippen molar-refractivity contribution in [1.82, 2.24) is 0 Å². The topological polar surface area (TPSA) is 121 Å². The van der Waals surface area contributed by atoms with Gasteiger partial charge >= 0.3 is 11.9 Å². The number of aliphatic hydroxyl groups is 2. The third-order valence-electron chi connectivity index (χ3n) is 12.0. The maximum absolute atomic E-state index is 14.2. The number of allylic oxidation sites excluding steroid dienone is 2. The molecular formula is C42H56O9. The highest BCUT2D eigenvalue weighted by atomic mass is 16.7. The van der Waals surface area contributed by atoms with E-state index in [2.05, 4.69) is 26.8 Å². The molecule has 1 aromatic carbocycles. The van der Waals surface area contributed by atoms with Crippen LogP contribution in [0.5, 0.6) is 0 Å². The van der Waals surface area contributed by atoms with E-state index in [1.807, 2.05) is 39.0 Å². The van der Waals surface area contributed by atoms with Crippen LogP contribution in [0.3, 0.4) is 0 Å². The minimum atomic E-state index is -1.81. The van der Waals surface area contributed by atoms with Gasteiger partial charge in [-0.3, -0.25) is 4.79 Å². The number of hydrogen-bond acceptors (Lipinski definition) is 9. The van der Waals surface area contributed by atoms with Crippen LogP contribution in [0.1, 0.15) is 96.0 Å². The molecular weight excluding hydrogens is 648 g/mol. The first kappa shape index (κ1) is 37.7. The number of aliphatic hydroxyl groups excluding tert-OH is 1. The van der Waals surface area contributed by atoms with Crippen LogP contribution in [0, 0.1) is 30.6 Å². The fraction of sp³-hybridized carbons (Fsp3) is 0.619. The molecule has 4 aliphatic heterocycles. The maximum Gasteiger partial charge on any atom is 0.338 e. The van der Waals surface area contributed by atoms with E-state index < -0.39 is 53.7 Å². The second kappa shape index (κ2) is 15.1. The number of hydrogen-bond donors (Lipinski definition) is 2. The fourth-order valence-corrected chi connectivity index (χ4v) is 8.62. The summed E-state index contributed by atoms with van der Waals surface area (Å²) in [6.45, 7) is 14.3. The molecule has 278 valence electrons. The first-order valence-electron chi connectivity index (χ1n) is 18.8. The summed E-state index contributed by atoms with van der Waals surface area (Å²) in [6.07, 6.45) is 9.49. The summed E-state index contributed by atoms with van der Waals surface area (Å²) in [6, 6.07) is 7.32. The Balaban J connectivity index is 1.39. The van der Waals surface area contributed by atoms with Crippen LogP contribution in [-0.2, 0) is 28.5 Å². The summed E-state index contributed by atoms with van der Waals surface area (Å²) < 4.78 is 32.3. The normalized spacial score (nSPS) is 41.9. The Hall–Kier alpha value is -3.08. The lowest BCUT2D eigenvalue weighted by atomic mass is 9.71. The molecule has 1 aliphatic carbocycles. The summed E-state index contributed by atoms with van der Waals surface area (Å²) in [7, 11) is 0. The van der Waals surface area contributed by atoms with E-state index in [4.69, 9.17) is 23.7 Å². The molecule has 9 nitrogen and oxygen atoms in total. The van der Waals surface area contributed by atoms with Crippen LogP contribution in [-0.4, -0.2) is 76.8 Å². The summed E-state index contributed by atoms with van der Waals surface area (Å²) in [4.78, 5) is 27.6. The molecule has 0 radical (unpaired) electrons. The Morgan fingerprint density at radius 3 is 2.55 bits per heavy atom. The zero-order chi connectivity index (χ0) is 36.7. The summed E-state index contributed by atoms with van der Waals surface area (Å²) >= 11 is 0. The molecule has 2 unspecified atom stereocenters. The molecule has 1 aromatic rings. The van der Waals surface area contributed by atoms with E-state index in [-0.39, 0.29) is 24.7 Å². The Morgan fingerprint density at radius 1 is 1.08 bits per heavy atom. The number of ether oxygens (including phenoxy) is 5. The fourth-order valence-electron chi connectivity index (χ4n) is 8.62. The molecule has 3 fully saturated rings. The maximum atomic E-state index is 14.2. The van der Waals surface area contributed by atoms with Gasteiger partial charge in [-0.1, -0.05) is 82.2 Å². The third-order valence-corrected chi connectivity index (χ3v) is 12.0. The predicted octanol–water partition coefficient (Wildman–Crippen LogP) is 6.70. The Labute approximate surface area is 302 Å². The second-order valence-electron chi connectivity index (χ2n) is 15.8. The first-order valence-corrected chi connectivity index (χ1v) is 18.8. The summed E-state index contributed by atoms with van der Waals surface area (Å²) in [5.74, 6) is -2.54. The average Bonchev–Trinajstić information content (AvgIpc) is 3.44. The summed E-state index contributed by atoms with van der Waals surface area (Å²) in [5.41, 5.74) is 1.61. The van der Waals surface area contributed by atoms with Gasteiger partial charge in [-0.15, -0.1) is 0 Å². The Bertz CT molecular complexity index is 1570. The predicted molar refractivity (Wildman–Crippen MR) is 193 cm³/mol. The first-order chi connectivity index (χ1) is 24.2. The highest BCUT2D eigenvalue weighted by molar-refractivity contribution is 5.89. The SMILES string of the molecule is CCC(C)[C@H]1OC2(CC[C@@H]1C)C[C@@H]1C[C@@H](C/C=C(\C)[C@@H](OC(=O)c3ccc(C)cc3)[C@@H](C)/C=C/C=C3\CO[C@@H]4[C@H](O)C(C)=C[C@@H](C(=O)O1)[C@]34O)O2. The van der Waals surface area contributed by atoms with Crippen molar-refractivity contribution >= 4 is 11.9 Å². The number of rotatable bonds is 4. The quantitative estimate of drug-likeness (QED) is 0.261. The van der Waals surface area contributed by atoms with E-state index in [1.165, 1.54) is 0 Å². The lowest BCUT2D eigenvalue weighted by Gasteiger charge is -2.51. The van der Waals surface area contributed by atoms with Crippen molar-refractivity contribution in [1.29, 1.82) is 0 Å². The van der Waals surface area contributed by atoms with E-state index in [1.54, 1.807) is 37.3 Å². The van der Waals surface area contributed by atoms with Crippen molar-refractivity contribution in [2.45, 2.75) is 135 Å². The smallest absolute Gasteiger partial charge is 0.338 e. The molecule has 12 atom stereocenters. The molecule has 51 heavy (non-hydrogen) atoms. The zero-order valence-corrected chi connectivity index (χ0v) is 31.2. The lowest BCUT2D eigenvalue weighted by molar-refractivity contribution is -0.340. The highest BCUT2D eigenvalue weighted by Gasteiger charge is 2.60. The molecule has 9 heteroatoms. The van der Waals surface area contributed by atoms with Crippen LogP contribution in [0.25, 0.3) is 0 Å². The van der Waals surface area contributed by atoms with Crippen molar-refractivity contribution in [2.75, 3.05) is 6.61 Å². The number of carbonyl (C=O) groups excluding carboxylic acids is 2. The number of carbonyl (C=O) groups is 2. The number of esters is 2. The van der Waals surface area contributed by atoms with Gasteiger partial charge in [0.1, 0.15) is 35.9 Å². The van der Waals surface area contributed by atoms with Crippen molar-refractivity contribution < 1.29 is 43.5 Å². The molecule has 0 amide bonds. The van der Waals surface area contributed by atoms with E-state index >= 15 is 0 Å². The van der Waals surface area contributed by atoms with Crippen LogP contribution >= 0.6 is 0 Å². The van der Waals surface area contributed by atoms with Crippen LogP contribution in [0.2, 0.25) is 0 Å². The minimum absolute atomic E-state index is 0.00223. The van der Waals surface area contributed by atoms with Gasteiger partial charge in [-0.2, -0.15) is 0 Å². The average molecular weight is 705 g/mol. The van der Waals surface area contributed by atoms with Crippen molar-refractivity contribution in [3.8, 4) is 0 Å². The largest absolute Gasteiger partial charge is 0.462 e. The Kier molecular flexibility index (Phi) is 11.2. The standard InChI is InChI=1S/C42H56O9/c1-8-25(3)37-28(6)18-19-41(51-37)22-33-21-32(50-41)17-14-27(5)36(49-39(44)30-15-12-24(2)13-16-30)26(4)10-9-11-31-23-47-38-35(43)29(7)20-34(40(45)48-33)42(31,38)46/h9-16,20,25-26,28,32-38,43,46H,8,17-19,21-23H2,1-7H3/b10-9+,27-14+,31-11+/t25?,26-,28-,32+,33-,34-,35+,36-,37+,38+,41?,42+/m0/s1. The van der Waals surface area contributed by atoms with Gasteiger partial charge in [-0.05, 0) is 74.3 Å². The van der Waals surface area contributed by atoms with Gasteiger partial charge < -0.3 is 33.9 Å². The van der Waals surface area contributed by atoms with Gasteiger partial charge in [0.15, 0.2) is 5.79 Å². The van der Waals surface area contributed by atoms with Crippen LogP contribution < -0.4 is 0 Å². The van der Waals surface area contributed by atoms with Gasteiger partial charge in [0.25, 0.3) is 0 Å². The van der Waals surface area contributed by atoms with E-state index in [9.17, 15) is 19.8 Å². The van der Waals surface area contributed by atoms with E-state index in [0.717, 1.165) is 24.0 Å². The van der Waals surface area contributed by atoms with Gasteiger partial charge in [0.2, 0.25) is 0 Å². The number of benzene rings is 1. The molecule has 0 aromatic heterocycles. The molecule has 4 heterocycles. The molecule has 2 bridgehead atoms. The van der Waals surface area contributed by atoms with Crippen LogP contribution in [0.15, 0.2) is 71.4 Å². The van der Waals surface area contributed by atoms with Gasteiger partial charge in [-0.25, -0.2) is 4.79 Å². The molecule has 1 spiro atoms. The minimum Gasteiger partial charge on any atom is -0.462 e. The molecule has 6 rings (SSSR count).